The Labute approximate surface area is 168 Å². The van der Waals surface area contributed by atoms with Crippen LogP contribution in [0, 0.1) is 18.6 Å². The Morgan fingerprint density at radius 3 is 2.60 bits per heavy atom. The lowest BCUT2D eigenvalue weighted by molar-refractivity contribution is 0.0992. The van der Waals surface area contributed by atoms with Crippen molar-refractivity contribution in [2.24, 2.45) is 12.8 Å². The highest BCUT2D eigenvalue weighted by atomic mass is 19.1. The van der Waals surface area contributed by atoms with Gasteiger partial charge in [0.15, 0.2) is 11.4 Å². The maximum absolute atomic E-state index is 14.2. The zero-order valence-corrected chi connectivity index (χ0v) is 15.9. The number of anilines is 1. The van der Waals surface area contributed by atoms with Crippen molar-refractivity contribution < 1.29 is 22.8 Å². The zero-order chi connectivity index (χ0) is 21.6. The lowest BCUT2D eigenvalue weighted by Gasteiger charge is -2.10. The number of benzene rings is 1. The highest BCUT2D eigenvalue weighted by Gasteiger charge is 2.22. The molecule has 1 aromatic carbocycles. The van der Waals surface area contributed by atoms with Crippen LogP contribution in [-0.4, -0.2) is 26.6 Å². The molecule has 3 N–H and O–H groups in total. The molecule has 0 unspecified atom stereocenters. The van der Waals surface area contributed by atoms with E-state index in [0.717, 1.165) is 6.07 Å². The molecular formula is C20H15F2N5O3. The van der Waals surface area contributed by atoms with Crippen molar-refractivity contribution in [3.05, 3.63) is 65.1 Å². The minimum absolute atomic E-state index is 0.154. The van der Waals surface area contributed by atoms with Crippen LogP contribution in [0.2, 0.25) is 0 Å². The SMILES string of the molecule is Cc1nn(C)c2nc(-c3ccco3)cc(C(=O)Nc3cc(C(N)=O)c(F)cc3F)c12. The number of furan rings is 1. The molecule has 0 radical (unpaired) electrons. The number of nitrogens with zero attached hydrogens (tertiary/aromatic N) is 3. The van der Waals surface area contributed by atoms with Gasteiger partial charge < -0.3 is 15.5 Å². The molecule has 0 saturated heterocycles. The predicted octanol–water partition coefficient (Wildman–Crippen LogP) is 3.17. The Hall–Kier alpha value is -4.08. The van der Waals surface area contributed by atoms with Gasteiger partial charge in [-0.25, -0.2) is 13.8 Å². The van der Waals surface area contributed by atoms with Gasteiger partial charge in [-0.3, -0.25) is 14.3 Å². The predicted molar refractivity (Wildman–Crippen MR) is 104 cm³/mol. The van der Waals surface area contributed by atoms with E-state index in [0.29, 0.717) is 34.2 Å². The first-order valence-corrected chi connectivity index (χ1v) is 8.74. The fraction of sp³-hybridized carbons (Fsp3) is 0.100. The molecule has 4 aromatic rings. The number of pyridine rings is 1. The highest BCUT2D eigenvalue weighted by Crippen LogP contribution is 2.28. The topological polar surface area (TPSA) is 116 Å². The van der Waals surface area contributed by atoms with Gasteiger partial charge in [-0.05, 0) is 31.2 Å². The summed E-state index contributed by atoms with van der Waals surface area (Å²) in [7, 11) is 1.68. The Morgan fingerprint density at radius 1 is 1.17 bits per heavy atom. The third-order valence-corrected chi connectivity index (χ3v) is 4.56. The molecule has 0 atom stereocenters. The van der Waals surface area contributed by atoms with E-state index in [4.69, 9.17) is 10.2 Å². The first-order chi connectivity index (χ1) is 14.3. The molecule has 2 amide bonds. The van der Waals surface area contributed by atoms with Gasteiger partial charge in [0.05, 0.1) is 34.2 Å². The first kappa shape index (κ1) is 19.2. The van der Waals surface area contributed by atoms with E-state index in [9.17, 15) is 18.4 Å². The van der Waals surface area contributed by atoms with E-state index in [2.05, 4.69) is 15.4 Å². The second-order valence-electron chi connectivity index (χ2n) is 6.57. The monoisotopic (exact) mass is 411 g/mol. The normalized spacial score (nSPS) is 11.1. The third kappa shape index (κ3) is 3.17. The average molecular weight is 411 g/mol. The molecule has 0 saturated carbocycles. The van der Waals surface area contributed by atoms with E-state index in [1.807, 2.05) is 0 Å². The van der Waals surface area contributed by atoms with E-state index in [1.54, 1.807) is 26.1 Å². The molecule has 3 aromatic heterocycles. The summed E-state index contributed by atoms with van der Waals surface area (Å²) in [5.41, 5.74) is 5.66. The fourth-order valence-corrected chi connectivity index (χ4v) is 3.20. The molecule has 0 aliphatic heterocycles. The smallest absolute Gasteiger partial charge is 0.256 e. The van der Waals surface area contributed by atoms with Crippen molar-refractivity contribution in [2.75, 3.05) is 5.32 Å². The van der Waals surface area contributed by atoms with Crippen molar-refractivity contribution in [3.63, 3.8) is 0 Å². The second-order valence-corrected chi connectivity index (χ2v) is 6.57. The molecule has 0 aliphatic carbocycles. The molecule has 0 fully saturated rings. The van der Waals surface area contributed by atoms with Gasteiger partial charge in [0.1, 0.15) is 17.3 Å². The van der Waals surface area contributed by atoms with Gasteiger partial charge in [0, 0.05) is 13.1 Å². The van der Waals surface area contributed by atoms with E-state index < -0.39 is 29.0 Å². The maximum Gasteiger partial charge on any atom is 0.256 e. The maximum atomic E-state index is 14.2. The Bertz CT molecular complexity index is 1310. The van der Waals surface area contributed by atoms with Crippen LogP contribution >= 0.6 is 0 Å². The van der Waals surface area contributed by atoms with Crippen LogP contribution < -0.4 is 11.1 Å². The van der Waals surface area contributed by atoms with Crippen molar-refractivity contribution in [1.29, 1.82) is 0 Å². The number of nitrogens with two attached hydrogens (primary N) is 1. The van der Waals surface area contributed by atoms with Crippen LogP contribution in [0.3, 0.4) is 0 Å². The molecule has 0 spiro atoms. The minimum atomic E-state index is -1.12. The summed E-state index contributed by atoms with van der Waals surface area (Å²) in [4.78, 5) is 28.9. The van der Waals surface area contributed by atoms with E-state index >= 15 is 0 Å². The molecule has 4 rings (SSSR count). The van der Waals surface area contributed by atoms with Gasteiger partial charge in [-0.2, -0.15) is 5.10 Å². The van der Waals surface area contributed by atoms with Gasteiger partial charge in [-0.1, -0.05) is 0 Å². The molecule has 8 nitrogen and oxygen atoms in total. The summed E-state index contributed by atoms with van der Waals surface area (Å²) in [5, 5.41) is 7.12. The number of amides is 2. The molecule has 3 heterocycles. The summed E-state index contributed by atoms with van der Waals surface area (Å²) in [6, 6.07) is 6.18. The molecular weight excluding hydrogens is 396 g/mol. The Morgan fingerprint density at radius 2 is 1.93 bits per heavy atom. The summed E-state index contributed by atoms with van der Waals surface area (Å²) in [5.74, 6) is -3.53. The summed E-state index contributed by atoms with van der Waals surface area (Å²) < 4.78 is 34.8. The molecule has 10 heteroatoms. The van der Waals surface area contributed by atoms with E-state index in [1.165, 1.54) is 17.0 Å². The summed E-state index contributed by atoms with van der Waals surface area (Å²) in [6.07, 6.45) is 1.47. The number of halogens is 2. The number of aromatic nitrogens is 3. The van der Waals surface area contributed by atoms with Crippen molar-refractivity contribution in [2.45, 2.75) is 6.92 Å². The lowest BCUT2D eigenvalue weighted by Crippen LogP contribution is -2.17. The highest BCUT2D eigenvalue weighted by molar-refractivity contribution is 6.13. The number of nitrogens with one attached hydrogen (secondary N) is 1. The van der Waals surface area contributed by atoms with Crippen LogP contribution in [0.25, 0.3) is 22.5 Å². The summed E-state index contributed by atoms with van der Waals surface area (Å²) >= 11 is 0. The summed E-state index contributed by atoms with van der Waals surface area (Å²) in [6.45, 7) is 1.71. The van der Waals surface area contributed by atoms with Crippen molar-refractivity contribution in [1.82, 2.24) is 14.8 Å². The lowest BCUT2D eigenvalue weighted by atomic mass is 10.1. The van der Waals surface area contributed by atoms with Gasteiger partial charge in [0.2, 0.25) is 0 Å². The van der Waals surface area contributed by atoms with Gasteiger partial charge in [0.25, 0.3) is 11.8 Å². The molecule has 30 heavy (non-hydrogen) atoms. The fourth-order valence-electron chi connectivity index (χ4n) is 3.20. The number of carbonyl (C=O) groups is 2. The van der Waals surface area contributed by atoms with Crippen LogP contribution in [0.5, 0.6) is 0 Å². The number of rotatable bonds is 4. The quantitative estimate of drug-likeness (QED) is 0.535. The van der Waals surface area contributed by atoms with E-state index in [-0.39, 0.29) is 11.3 Å². The van der Waals surface area contributed by atoms with Crippen LogP contribution in [0.15, 0.2) is 41.0 Å². The molecule has 0 aliphatic rings. The number of carbonyl (C=O) groups excluding carboxylic acids is 2. The minimum Gasteiger partial charge on any atom is -0.463 e. The standard InChI is InChI=1S/C20H15F2N5O3/c1-9-17-11(7-15(16-4-3-5-30-16)24-19(17)27(2)26-9)20(29)25-14-6-10(18(23)28)12(21)8-13(14)22/h3-8H,1-2H3,(H2,23,28)(H,25,29). The Kier molecular flexibility index (Phi) is 4.53. The number of primary amides is 1. The number of aryl methyl sites for hydroxylation is 2. The second kappa shape index (κ2) is 7.07. The van der Waals surface area contributed by atoms with Crippen LogP contribution in [-0.2, 0) is 7.05 Å². The number of hydrogen-bond acceptors (Lipinski definition) is 5. The van der Waals surface area contributed by atoms with Crippen molar-refractivity contribution in [3.8, 4) is 11.5 Å². The van der Waals surface area contributed by atoms with Crippen LogP contribution in [0.4, 0.5) is 14.5 Å². The zero-order valence-electron chi connectivity index (χ0n) is 15.9. The third-order valence-electron chi connectivity index (χ3n) is 4.56. The van der Waals surface area contributed by atoms with Crippen molar-refractivity contribution >= 4 is 28.5 Å². The number of fused-ring (bicyclic) bond motifs is 1. The van der Waals surface area contributed by atoms with Gasteiger partial charge in [-0.15, -0.1) is 0 Å². The largest absolute Gasteiger partial charge is 0.463 e. The molecule has 0 bridgehead atoms. The first-order valence-electron chi connectivity index (χ1n) is 8.74. The Balaban J connectivity index is 1.84. The average Bonchev–Trinajstić information content (AvgIpc) is 3.32. The molecule has 152 valence electrons. The number of hydrogen-bond donors (Lipinski definition) is 2. The van der Waals surface area contributed by atoms with Crippen LogP contribution in [0.1, 0.15) is 26.4 Å². The van der Waals surface area contributed by atoms with Gasteiger partial charge >= 0.3 is 0 Å².